The number of carbonyl (C=O) groups excluding carboxylic acids is 1. The summed E-state index contributed by atoms with van der Waals surface area (Å²) >= 11 is 0. The lowest BCUT2D eigenvalue weighted by Crippen LogP contribution is -2.46. The zero-order chi connectivity index (χ0) is 22.0. The molecule has 1 unspecified atom stereocenters. The van der Waals surface area contributed by atoms with Gasteiger partial charge in [-0.05, 0) is 62.4 Å². The molecule has 4 heterocycles. The summed E-state index contributed by atoms with van der Waals surface area (Å²) < 4.78 is 17.3. The van der Waals surface area contributed by atoms with Crippen molar-refractivity contribution in [1.29, 1.82) is 0 Å². The van der Waals surface area contributed by atoms with Crippen molar-refractivity contribution in [2.24, 2.45) is 5.92 Å². The van der Waals surface area contributed by atoms with E-state index >= 15 is 0 Å². The van der Waals surface area contributed by atoms with Crippen molar-refractivity contribution >= 4 is 24.0 Å². The summed E-state index contributed by atoms with van der Waals surface area (Å²) in [5, 5.41) is 0. The minimum atomic E-state index is -0.794. The molecule has 7 heteroatoms. The number of anilines is 1. The van der Waals surface area contributed by atoms with Gasteiger partial charge in [-0.25, -0.2) is 0 Å². The lowest BCUT2D eigenvalue weighted by atomic mass is 9.77. The third-order valence-electron chi connectivity index (χ3n) is 8.57. The number of amides is 1. The van der Waals surface area contributed by atoms with Crippen molar-refractivity contribution in [2.45, 2.75) is 50.0 Å². The maximum Gasteiger partial charge on any atom is 0.245 e. The summed E-state index contributed by atoms with van der Waals surface area (Å²) in [6.07, 6.45) is 7.83. The van der Waals surface area contributed by atoms with Crippen LogP contribution in [0.3, 0.4) is 0 Å². The molecular formula is C27H31ClN2O4. The number of rotatable bonds is 3. The van der Waals surface area contributed by atoms with Crippen molar-refractivity contribution in [2.75, 3.05) is 37.9 Å². The van der Waals surface area contributed by atoms with Crippen LogP contribution in [0, 0.1) is 5.92 Å². The average molecular weight is 483 g/mol. The second-order valence-corrected chi connectivity index (χ2v) is 10.2. The van der Waals surface area contributed by atoms with Crippen molar-refractivity contribution in [1.82, 2.24) is 4.90 Å². The van der Waals surface area contributed by atoms with Crippen molar-refractivity contribution in [3.05, 3.63) is 47.5 Å². The van der Waals surface area contributed by atoms with Crippen LogP contribution in [0.15, 0.2) is 36.4 Å². The van der Waals surface area contributed by atoms with E-state index in [0.29, 0.717) is 24.0 Å². The van der Waals surface area contributed by atoms with Crippen LogP contribution in [0.1, 0.15) is 49.7 Å². The molecule has 6 nitrogen and oxygen atoms in total. The fourth-order valence-corrected chi connectivity index (χ4v) is 6.77. The number of likely N-dealkylation sites (tertiary alicyclic amines) is 1. The first-order valence-electron chi connectivity index (χ1n) is 12.5. The maximum absolute atomic E-state index is 14.2. The van der Waals surface area contributed by atoms with Gasteiger partial charge in [-0.2, -0.15) is 0 Å². The van der Waals surface area contributed by atoms with Crippen LogP contribution in [0.2, 0.25) is 0 Å². The monoisotopic (exact) mass is 482 g/mol. The van der Waals surface area contributed by atoms with Gasteiger partial charge in [-0.15, -0.1) is 12.4 Å². The van der Waals surface area contributed by atoms with Crippen molar-refractivity contribution in [3.63, 3.8) is 0 Å². The third-order valence-corrected chi connectivity index (χ3v) is 8.57. The van der Waals surface area contributed by atoms with Gasteiger partial charge in [-0.3, -0.25) is 4.79 Å². The fourth-order valence-electron chi connectivity index (χ4n) is 6.77. The number of fused-ring (bicyclic) bond motifs is 5. The van der Waals surface area contributed by atoms with Crippen molar-refractivity contribution in [3.8, 4) is 17.2 Å². The van der Waals surface area contributed by atoms with Gasteiger partial charge in [0.2, 0.25) is 12.7 Å². The Labute approximate surface area is 206 Å². The summed E-state index contributed by atoms with van der Waals surface area (Å²) in [5.74, 6) is 2.79. The maximum atomic E-state index is 14.2. The number of piperidine rings is 1. The van der Waals surface area contributed by atoms with Gasteiger partial charge in [0.25, 0.3) is 0 Å². The van der Waals surface area contributed by atoms with E-state index < -0.39 is 5.41 Å². The first-order valence-corrected chi connectivity index (χ1v) is 12.5. The molecular weight excluding hydrogens is 452 g/mol. The zero-order valence-corrected chi connectivity index (χ0v) is 20.1. The van der Waals surface area contributed by atoms with E-state index in [-0.39, 0.29) is 25.1 Å². The van der Waals surface area contributed by atoms with Gasteiger partial charge in [0.05, 0.1) is 0 Å². The number of hydrogen-bond acceptors (Lipinski definition) is 5. The summed E-state index contributed by atoms with van der Waals surface area (Å²) in [6.45, 7) is 3.66. The molecule has 1 saturated heterocycles. The standard InChI is InChI=1S/C27H30N2O4.ClH/c30-26-27(16-31-23-14-25-24(13-21(23)27)32-17-33-25)20-7-3-4-8-22(20)29(26)15-18-9-11-28(12-10-18)19-5-1-2-6-19;/h3-4,7-8,13-14,18-19H,1-2,5-6,9-12,15-17H2;1H. The molecule has 0 bridgehead atoms. The lowest BCUT2D eigenvalue weighted by Gasteiger charge is -2.37. The van der Waals surface area contributed by atoms with Gasteiger partial charge in [-0.1, -0.05) is 31.0 Å². The molecule has 7 rings (SSSR count). The van der Waals surface area contributed by atoms with E-state index in [1.165, 1.54) is 51.6 Å². The number of para-hydroxylation sites is 1. The molecule has 5 aliphatic rings. The number of hydrogen-bond donors (Lipinski definition) is 0. The average Bonchev–Trinajstić information content (AvgIpc) is 3.64. The van der Waals surface area contributed by atoms with Gasteiger partial charge in [0.15, 0.2) is 11.5 Å². The van der Waals surface area contributed by atoms with Crippen molar-refractivity contribution < 1.29 is 19.0 Å². The van der Waals surface area contributed by atoms with Crippen LogP contribution in [0.5, 0.6) is 17.2 Å². The molecule has 1 spiro atoms. The van der Waals surface area contributed by atoms with Gasteiger partial charge in [0.1, 0.15) is 17.8 Å². The first kappa shape index (κ1) is 22.1. The molecule has 0 radical (unpaired) electrons. The molecule has 0 N–H and O–H groups in total. The predicted octanol–water partition coefficient (Wildman–Crippen LogP) is 4.52. The molecule has 1 atom stereocenters. The molecule has 1 amide bonds. The van der Waals surface area contributed by atoms with E-state index in [0.717, 1.165) is 35.2 Å². The topological polar surface area (TPSA) is 51.2 Å². The van der Waals surface area contributed by atoms with Gasteiger partial charge in [0, 0.05) is 29.9 Å². The minimum Gasteiger partial charge on any atom is -0.491 e. The zero-order valence-electron chi connectivity index (χ0n) is 19.3. The first-order chi connectivity index (χ1) is 16.2. The molecule has 2 aromatic carbocycles. The van der Waals surface area contributed by atoms with Crippen LogP contribution in [0.25, 0.3) is 0 Å². The second kappa shape index (κ2) is 8.35. The molecule has 2 fully saturated rings. The van der Waals surface area contributed by atoms with E-state index in [2.05, 4.69) is 17.0 Å². The largest absolute Gasteiger partial charge is 0.491 e. The molecule has 0 aromatic heterocycles. The van der Waals surface area contributed by atoms with E-state index in [1.807, 2.05) is 29.2 Å². The Balaban J connectivity index is 0.00000217. The smallest absolute Gasteiger partial charge is 0.245 e. The Kier molecular flexibility index (Phi) is 5.41. The molecule has 1 saturated carbocycles. The molecule has 1 aliphatic carbocycles. The lowest BCUT2D eigenvalue weighted by molar-refractivity contribution is -0.122. The molecule has 4 aliphatic heterocycles. The Morgan fingerprint density at radius 3 is 2.41 bits per heavy atom. The summed E-state index contributed by atoms with van der Waals surface area (Å²) in [4.78, 5) is 18.9. The fraction of sp³-hybridized carbons (Fsp3) is 0.519. The van der Waals surface area contributed by atoms with E-state index in [1.54, 1.807) is 0 Å². The summed E-state index contributed by atoms with van der Waals surface area (Å²) in [6, 6.07) is 12.9. The minimum absolute atomic E-state index is 0. The molecule has 2 aromatic rings. The van der Waals surface area contributed by atoms with E-state index in [4.69, 9.17) is 14.2 Å². The number of halogens is 1. The Morgan fingerprint density at radius 1 is 0.882 bits per heavy atom. The highest BCUT2D eigenvalue weighted by atomic mass is 35.5. The Morgan fingerprint density at radius 2 is 1.62 bits per heavy atom. The van der Waals surface area contributed by atoms with Crippen LogP contribution >= 0.6 is 12.4 Å². The summed E-state index contributed by atoms with van der Waals surface area (Å²) in [7, 11) is 0. The Bertz CT molecular complexity index is 1110. The Hall–Kier alpha value is -2.44. The summed E-state index contributed by atoms with van der Waals surface area (Å²) in [5.41, 5.74) is 2.20. The number of nitrogens with zero attached hydrogens (tertiary/aromatic N) is 2. The van der Waals surface area contributed by atoms with Crippen LogP contribution in [-0.2, 0) is 10.2 Å². The van der Waals surface area contributed by atoms with Gasteiger partial charge >= 0.3 is 0 Å². The van der Waals surface area contributed by atoms with Crippen LogP contribution < -0.4 is 19.1 Å². The van der Waals surface area contributed by atoms with Crippen LogP contribution in [-0.4, -0.2) is 49.9 Å². The van der Waals surface area contributed by atoms with Crippen LogP contribution in [0.4, 0.5) is 5.69 Å². The number of benzene rings is 2. The predicted molar refractivity (Wildman–Crippen MR) is 131 cm³/mol. The normalized spacial score (nSPS) is 26.0. The SMILES string of the molecule is Cl.O=C1N(CC2CCN(C3CCCC3)CC2)c2ccccc2C12COc1cc3c(cc12)OCO3. The quantitative estimate of drug-likeness (QED) is 0.644. The molecule has 180 valence electrons. The highest BCUT2D eigenvalue weighted by Gasteiger charge is 2.57. The highest BCUT2D eigenvalue weighted by Crippen LogP contribution is 2.55. The third kappa shape index (κ3) is 3.14. The number of ether oxygens (including phenoxy) is 3. The molecule has 34 heavy (non-hydrogen) atoms. The highest BCUT2D eigenvalue weighted by molar-refractivity contribution is 6.11. The second-order valence-electron chi connectivity index (χ2n) is 10.2. The van der Waals surface area contributed by atoms with E-state index in [9.17, 15) is 4.79 Å². The van der Waals surface area contributed by atoms with Gasteiger partial charge < -0.3 is 24.0 Å². The number of carbonyl (C=O) groups is 1.